The largest absolute Gasteiger partial charge is 0.481 e. The second-order valence-electron chi connectivity index (χ2n) is 4.45. The number of carbonyl (C=O) groups excluding carboxylic acids is 1. The first kappa shape index (κ1) is 14.1. The normalized spacial score (nSPS) is 11.8. The third-order valence-electron chi connectivity index (χ3n) is 2.95. The van der Waals surface area contributed by atoms with Crippen LogP contribution in [-0.4, -0.2) is 19.1 Å². The lowest BCUT2D eigenvalue weighted by Crippen LogP contribution is -2.37. The van der Waals surface area contributed by atoms with Gasteiger partial charge in [0.2, 0.25) is 0 Å². The van der Waals surface area contributed by atoms with E-state index in [1.807, 2.05) is 30.3 Å². The highest BCUT2D eigenvalue weighted by molar-refractivity contribution is 5.95. The fraction of sp³-hybridized carbons (Fsp3) is 0.188. The molecule has 2 aromatic rings. The van der Waals surface area contributed by atoms with Crippen molar-refractivity contribution in [2.45, 2.75) is 13.0 Å². The lowest BCUT2D eigenvalue weighted by Gasteiger charge is -2.22. The summed E-state index contributed by atoms with van der Waals surface area (Å²) in [5, 5.41) is 0. The van der Waals surface area contributed by atoms with Crippen molar-refractivity contribution in [2.75, 3.05) is 11.9 Å². The average Bonchev–Trinajstić information content (AvgIpc) is 2.49. The Labute approximate surface area is 117 Å². The van der Waals surface area contributed by atoms with Crippen molar-refractivity contribution in [1.82, 2.24) is 0 Å². The van der Waals surface area contributed by atoms with Crippen LogP contribution in [0, 0.1) is 5.82 Å². The van der Waals surface area contributed by atoms with Crippen molar-refractivity contribution < 1.29 is 13.9 Å². The Morgan fingerprint density at radius 3 is 2.30 bits per heavy atom. The van der Waals surface area contributed by atoms with E-state index in [0.29, 0.717) is 5.75 Å². The first-order valence-electron chi connectivity index (χ1n) is 6.33. The Morgan fingerprint density at radius 1 is 1.10 bits per heavy atom. The SMILES string of the molecule is CC(Oc1ccc(F)cc1)C(=O)N(C)c1ccccc1. The molecule has 0 heterocycles. The molecule has 0 fully saturated rings. The van der Waals surface area contributed by atoms with Crippen molar-refractivity contribution in [3.05, 3.63) is 60.4 Å². The first-order valence-corrected chi connectivity index (χ1v) is 6.33. The standard InChI is InChI=1S/C16H16FNO2/c1-12(20-15-10-8-13(17)9-11-15)16(19)18(2)14-6-4-3-5-7-14/h3-12H,1-2H3. The molecule has 0 aliphatic heterocycles. The van der Waals surface area contributed by atoms with Crippen LogP contribution in [0.5, 0.6) is 5.75 Å². The summed E-state index contributed by atoms with van der Waals surface area (Å²) in [5.41, 5.74) is 0.798. The molecule has 20 heavy (non-hydrogen) atoms. The second kappa shape index (κ2) is 6.19. The third-order valence-corrected chi connectivity index (χ3v) is 2.95. The van der Waals surface area contributed by atoms with E-state index >= 15 is 0 Å². The third kappa shape index (κ3) is 3.35. The number of carbonyl (C=O) groups is 1. The van der Waals surface area contributed by atoms with E-state index in [2.05, 4.69) is 0 Å². The molecule has 0 spiro atoms. The van der Waals surface area contributed by atoms with Gasteiger partial charge in [-0.1, -0.05) is 18.2 Å². The monoisotopic (exact) mass is 273 g/mol. The van der Waals surface area contributed by atoms with Gasteiger partial charge in [-0.2, -0.15) is 0 Å². The zero-order chi connectivity index (χ0) is 14.5. The maximum Gasteiger partial charge on any atom is 0.267 e. The number of hydrogen-bond donors (Lipinski definition) is 0. The predicted octanol–water partition coefficient (Wildman–Crippen LogP) is 3.26. The summed E-state index contributed by atoms with van der Waals surface area (Å²) in [5.74, 6) is -0.0352. The predicted molar refractivity (Wildman–Crippen MR) is 76.3 cm³/mol. The number of likely N-dealkylation sites (N-methyl/N-ethyl adjacent to an activating group) is 1. The number of rotatable bonds is 4. The molecule has 1 atom stereocenters. The Morgan fingerprint density at radius 2 is 1.70 bits per heavy atom. The molecule has 0 aliphatic rings. The van der Waals surface area contributed by atoms with Crippen molar-refractivity contribution in [1.29, 1.82) is 0 Å². The zero-order valence-corrected chi connectivity index (χ0v) is 11.4. The van der Waals surface area contributed by atoms with Crippen molar-refractivity contribution in [3.63, 3.8) is 0 Å². The van der Waals surface area contributed by atoms with Gasteiger partial charge in [0.1, 0.15) is 11.6 Å². The molecule has 4 heteroatoms. The van der Waals surface area contributed by atoms with Gasteiger partial charge >= 0.3 is 0 Å². The summed E-state index contributed by atoms with van der Waals surface area (Å²) in [6.45, 7) is 1.67. The number of ether oxygens (including phenoxy) is 1. The number of hydrogen-bond acceptors (Lipinski definition) is 2. The van der Waals surface area contributed by atoms with Crippen LogP contribution in [0.15, 0.2) is 54.6 Å². The van der Waals surface area contributed by atoms with Gasteiger partial charge in [0.25, 0.3) is 5.91 Å². The van der Waals surface area contributed by atoms with E-state index in [-0.39, 0.29) is 11.7 Å². The first-order chi connectivity index (χ1) is 9.58. The maximum absolute atomic E-state index is 12.8. The van der Waals surface area contributed by atoms with Crippen molar-refractivity contribution in [3.8, 4) is 5.75 Å². The maximum atomic E-state index is 12.8. The number of halogens is 1. The Balaban J connectivity index is 2.03. The fourth-order valence-corrected chi connectivity index (χ4v) is 1.82. The van der Waals surface area contributed by atoms with Gasteiger partial charge in [0.15, 0.2) is 6.10 Å². The quantitative estimate of drug-likeness (QED) is 0.855. The summed E-state index contributed by atoms with van der Waals surface area (Å²) < 4.78 is 18.3. The van der Waals surface area contributed by atoms with E-state index < -0.39 is 6.10 Å². The molecular weight excluding hydrogens is 257 g/mol. The summed E-state index contributed by atoms with van der Waals surface area (Å²) in [4.78, 5) is 13.8. The van der Waals surface area contributed by atoms with Crippen LogP contribution >= 0.6 is 0 Å². The lowest BCUT2D eigenvalue weighted by molar-refractivity contribution is -0.124. The van der Waals surface area contributed by atoms with Crippen LogP contribution in [0.25, 0.3) is 0 Å². The lowest BCUT2D eigenvalue weighted by atomic mass is 10.2. The number of anilines is 1. The molecule has 2 rings (SSSR count). The minimum Gasteiger partial charge on any atom is -0.481 e. The molecule has 0 aliphatic carbocycles. The summed E-state index contributed by atoms with van der Waals surface area (Å²) >= 11 is 0. The minimum atomic E-state index is -0.648. The van der Waals surface area contributed by atoms with Crippen LogP contribution in [-0.2, 0) is 4.79 Å². The highest BCUT2D eigenvalue weighted by atomic mass is 19.1. The molecule has 0 saturated carbocycles. The van der Waals surface area contributed by atoms with Gasteiger partial charge in [-0.15, -0.1) is 0 Å². The molecule has 0 bridgehead atoms. The topological polar surface area (TPSA) is 29.5 Å². The Hall–Kier alpha value is -2.36. The van der Waals surface area contributed by atoms with Crippen LogP contribution < -0.4 is 9.64 Å². The Bertz CT molecular complexity index is 569. The van der Waals surface area contributed by atoms with Crippen molar-refractivity contribution in [2.24, 2.45) is 0 Å². The fourth-order valence-electron chi connectivity index (χ4n) is 1.82. The van der Waals surface area contributed by atoms with E-state index in [9.17, 15) is 9.18 Å². The highest BCUT2D eigenvalue weighted by Crippen LogP contribution is 2.16. The molecular formula is C16H16FNO2. The minimum absolute atomic E-state index is 0.166. The van der Waals surface area contributed by atoms with Crippen LogP contribution in [0.3, 0.4) is 0 Å². The molecule has 0 saturated heterocycles. The van der Waals surface area contributed by atoms with Crippen molar-refractivity contribution >= 4 is 11.6 Å². The van der Waals surface area contributed by atoms with E-state index in [1.165, 1.54) is 29.2 Å². The number of amides is 1. The summed E-state index contributed by atoms with van der Waals surface area (Å²) in [6, 6.07) is 14.9. The number of benzene rings is 2. The average molecular weight is 273 g/mol. The van der Waals surface area contributed by atoms with Gasteiger partial charge in [-0.25, -0.2) is 4.39 Å². The molecule has 0 radical (unpaired) electrons. The molecule has 0 N–H and O–H groups in total. The van der Waals surface area contributed by atoms with Gasteiger partial charge in [-0.05, 0) is 43.3 Å². The van der Waals surface area contributed by atoms with Gasteiger partial charge in [-0.3, -0.25) is 4.79 Å². The van der Waals surface area contributed by atoms with E-state index in [0.717, 1.165) is 5.69 Å². The molecule has 1 amide bonds. The molecule has 104 valence electrons. The van der Waals surface area contributed by atoms with E-state index in [1.54, 1.807) is 14.0 Å². The van der Waals surface area contributed by atoms with Gasteiger partial charge < -0.3 is 9.64 Å². The smallest absolute Gasteiger partial charge is 0.267 e. The second-order valence-corrected chi connectivity index (χ2v) is 4.45. The van der Waals surface area contributed by atoms with Gasteiger partial charge in [0.05, 0.1) is 0 Å². The summed E-state index contributed by atoms with van der Waals surface area (Å²) in [7, 11) is 1.70. The number of para-hydroxylation sites is 1. The molecule has 0 aromatic heterocycles. The number of nitrogens with zero attached hydrogens (tertiary/aromatic N) is 1. The van der Waals surface area contributed by atoms with E-state index in [4.69, 9.17) is 4.74 Å². The van der Waals surface area contributed by atoms with Crippen LogP contribution in [0.2, 0.25) is 0 Å². The molecule has 2 aromatic carbocycles. The molecule has 3 nitrogen and oxygen atoms in total. The Kier molecular flexibility index (Phi) is 4.35. The van der Waals surface area contributed by atoms with Crippen LogP contribution in [0.4, 0.5) is 10.1 Å². The molecule has 1 unspecified atom stereocenters. The van der Waals surface area contributed by atoms with Crippen LogP contribution in [0.1, 0.15) is 6.92 Å². The summed E-state index contributed by atoms with van der Waals surface area (Å²) in [6.07, 6.45) is -0.648. The van der Waals surface area contributed by atoms with Gasteiger partial charge in [0, 0.05) is 12.7 Å². The zero-order valence-electron chi connectivity index (χ0n) is 11.4. The highest BCUT2D eigenvalue weighted by Gasteiger charge is 2.20.